The van der Waals surface area contributed by atoms with Gasteiger partial charge in [-0.25, -0.2) is 4.79 Å². The fraction of sp³-hybridized carbons (Fsp3) is 0.462. The summed E-state index contributed by atoms with van der Waals surface area (Å²) in [7, 11) is 0. The van der Waals surface area contributed by atoms with Gasteiger partial charge in [0.25, 0.3) is 11.6 Å². The average molecular weight is 530 g/mol. The number of likely N-dealkylation sites (tertiary alicyclic amines) is 1. The molecule has 4 N–H and O–H groups in total. The van der Waals surface area contributed by atoms with Gasteiger partial charge in [-0.1, -0.05) is 28.9 Å². The first-order valence-corrected chi connectivity index (χ1v) is 12.8. The first kappa shape index (κ1) is 24.7. The predicted octanol–water partition coefficient (Wildman–Crippen LogP) is 3.08. The van der Waals surface area contributed by atoms with E-state index >= 15 is 0 Å². The van der Waals surface area contributed by atoms with E-state index in [4.69, 9.17) is 0 Å². The molecule has 3 amide bonds. The Bertz CT molecular complexity index is 1090. The first-order valence-electron chi connectivity index (χ1n) is 12.0. The van der Waals surface area contributed by atoms with Crippen LogP contribution in [-0.2, 0) is 10.5 Å². The molecule has 0 saturated carbocycles. The lowest BCUT2D eigenvalue weighted by molar-refractivity contribution is -0.908. The maximum Gasteiger partial charge on any atom is 0.329 e. The van der Waals surface area contributed by atoms with Gasteiger partial charge in [0.2, 0.25) is 0 Å². The number of carbonyl (C=O) groups is 2. The molecule has 2 aromatic carbocycles. The molecule has 8 heteroatoms. The van der Waals surface area contributed by atoms with Crippen LogP contribution in [0.4, 0.5) is 16.2 Å². The van der Waals surface area contributed by atoms with Crippen LogP contribution >= 0.6 is 15.9 Å². The molecule has 4 rings (SSSR count). The van der Waals surface area contributed by atoms with E-state index in [-0.39, 0.29) is 0 Å². The van der Waals surface area contributed by atoms with Crippen LogP contribution < -0.4 is 20.4 Å². The normalized spacial score (nSPS) is 24.4. The Morgan fingerprint density at radius 2 is 2.06 bits per heavy atom. The van der Waals surface area contributed by atoms with Gasteiger partial charge in [-0.3, -0.25) is 9.69 Å². The minimum absolute atomic E-state index is 0.327. The number of hydrogen-bond acceptors (Lipinski definition) is 3. The van der Waals surface area contributed by atoms with Gasteiger partial charge in [-0.15, -0.1) is 0 Å². The highest BCUT2D eigenvalue weighted by Gasteiger charge is 2.52. The number of carbonyl (C=O) groups excluding carboxylic acids is 2. The number of nitrogens with zero attached hydrogens (tertiary/aromatic N) is 1. The Hall–Kier alpha value is -2.42. The number of fused-ring (bicyclic) bond motifs is 1. The van der Waals surface area contributed by atoms with E-state index in [1.807, 2.05) is 26.0 Å². The van der Waals surface area contributed by atoms with Gasteiger partial charge in [0.05, 0.1) is 25.3 Å². The standard InChI is InChI=1S/C26H33BrN4O3/c1-17-6-4-12-30(16-17)13-5-11-28-24(32)26(34)22-15-20(27)8-10-23(22)29-25(33)31(26)21-9-7-18(2)19(3)14-21/h7-10,14-15,17,34H,4-6,11-13,16H2,1-3H3,(H,28,32)(H,29,33)/p+1. The monoisotopic (exact) mass is 529 g/mol. The molecular formula is C26H34BrN4O3+. The van der Waals surface area contributed by atoms with Gasteiger partial charge in [0.1, 0.15) is 0 Å². The highest BCUT2D eigenvalue weighted by Crippen LogP contribution is 2.41. The minimum Gasteiger partial charge on any atom is -0.359 e. The second kappa shape index (κ2) is 10.1. The lowest BCUT2D eigenvalue weighted by Gasteiger charge is -2.43. The van der Waals surface area contributed by atoms with Crippen LogP contribution in [0.3, 0.4) is 0 Å². The number of halogens is 1. The molecule has 0 spiro atoms. The molecule has 0 aromatic heterocycles. The summed E-state index contributed by atoms with van der Waals surface area (Å²) in [6.45, 7) is 9.96. The second-order valence-electron chi connectivity index (χ2n) is 9.71. The minimum atomic E-state index is -2.18. The number of quaternary nitrogens is 1. The average Bonchev–Trinajstić information content (AvgIpc) is 2.79. The molecule has 3 atom stereocenters. The Kier molecular flexibility index (Phi) is 7.31. The van der Waals surface area contributed by atoms with Gasteiger partial charge >= 0.3 is 6.03 Å². The van der Waals surface area contributed by atoms with E-state index < -0.39 is 17.7 Å². The Balaban J connectivity index is 1.59. The number of amides is 3. The quantitative estimate of drug-likeness (QED) is 0.433. The van der Waals surface area contributed by atoms with E-state index in [1.165, 1.54) is 25.9 Å². The summed E-state index contributed by atoms with van der Waals surface area (Å²) in [5, 5.41) is 17.7. The zero-order valence-electron chi connectivity index (χ0n) is 20.1. The van der Waals surface area contributed by atoms with Gasteiger partial charge in [-0.05, 0) is 68.1 Å². The van der Waals surface area contributed by atoms with E-state index in [0.29, 0.717) is 28.0 Å². The molecule has 3 unspecified atom stereocenters. The van der Waals surface area contributed by atoms with Crippen LogP contribution in [0.1, 0.15) is 42.9 Å². The topological polar surface area (TPSA) is 86.1 Å². The molecule has 2 aromatic rings. The van der Waals surface area contributed by atoms with Gasteiger partial charge in [0.15, 0.2) is 0 Å². The van der Waals surface area contributed by atoms with Crippen molar-refractivity contribution in [3.63, 3.8) is 0 Å². The Morgan fingerprint density at radius 3 is 2.79 bits per heavy atom. The number of nitrogens with one attached hydrogen (secondary N) is 3. The lowest BCUT2D eigenvalue weighted by atomic mass is 9.94. The third kappa shape index (κ3) is 4.85. The number of aliphatic hydroxyl groups is 1. The van der Waals surface area contributed by atoms with Crippen molar-refractivity contribution in [2.75, 3.05) is 36.4 Å². The second-order valence-corrected chi connectivity index (χ2v) is 10.6. The van der Waals surface area contributed by atoms with Crippen LogP contribution in [0.2, 0.25) is 0 Å². The summed E-state index contributed by atoms with van der Waals surface area (Å²) < 4.78 is 0.705. The molecule has 34 heavy (non-hydrogen) atoms. The van der Waals surface area contributed by atoms with Crippen LogP contribution in [0.25, 0.3) is 0 Å². The maximum atomic E-state index is 13.6. The van der Waals surface area contributed by atoms with Crippen molar-refractivity contribution >= 4 is 39.2 Å². The van der Waals surface area contributed by atoms with Crippen LogP contribution in [0, 0.1) is 19.8 Å². The SMILES string of the molecule is Cc1ccc(N2C(=O)Nc3ccc(Br)cc3C2(O)C(=O)NCCC[NH+]2CCCC(C)C2)cc1C. The van der Waals surface area contributed by atoms with Crippen molar-refractivity contribution in [3.05, 3.63) is 57.6 Å². The Labute approximate surface area is 209 Å². The fourth-order valence-electron chi connectivity index (χ4n) is 5.03. The van der Waals surface area contributed by atoms with E-state index in [1.54, 1.807) is 29.2 Å². The number of piperidine rings is 1. The molecule has 2 aliphatic rings. The Morgan fingerprint density at radius 1 is 1.26 bits per heavy atom. The molecule has 0 bridgehead atoms. The zero-order valence-corrected chi connectivity index (χ0v) is 21.7. The number of urea groups is 1. The van der Waals surface area contributed by atoms with Crippen LogP contribution in [0.5, 0.6) is 0 Å². The third-order valence-electron chi connectivity index (χ3n) is 7.05. The number of hydrogen-bond donors (Lipinski definition) is 4. The van der Waals surface area contributed by atoms with Crippen molar-refractivity contribution in [1.29, 1.82) is 0 Å². The number of rotatable bonds is 6. The highest BCUT2D eigenvalue weighted by atomic mass is 79.9. The van der Waals surface area contributed by atoms with Gasteiger partial charge in [-0.2, -0.15) is 0 Å². The van der Waals surface area contributed by atoms with Gasteiger partial charge in [0, 0.05) is 34.6 Å². The van der Waals surface area contributed by atoms with E-state index in [2.05, 4.69) is 33.5 Å². The van der Waals surface area contributed by atoms with Crippen molar-refractivity contribution in [1.82, 2.24) is 5.32 Å². The van der Waals surface area contributed by atoms with Crippen LogP contribution in [0.15, 0.2) is 40.9 Å². The fourth-order valence-corrected chi connectivity index (χ4v) is 5.39. The summed E-state index contributed by atoms with van der Waals surface area (Å²) in [6, 6.07) is 10.0. The van der Waals surface area contributed by atoms with Crippen molar-refractivity contribution in [2.24, 2.45) is 5.92 Å². The van der Waals surface area contributed by atoms with Gasteiger partial charge < -0.3 is 20.6 Å². The molecule has 2 heterocycles. The van der Waals surface area contributed by atoms with E-state index in [0.717, 1.165) is 34.9 Å². The molecule has 0 aliphatic carbocycles. The molecule has 0 radical (unpaired) electrons. The van der Waals surface area contributed by atoms with Crippen molar-refractivity contribution < 1.29 is 19.6 Å². The number of aryl methyl sites for hydroxylation is 2. The summed E-state index contributed by atoms with van der Waals surface area (Å²) in [4.78, 5) is 29.5. The molecular weight excluding hydrogens is 496 g/mol. The predicted molar refractivity (Wildman–Crippen MR) is 137 cm³/mol. The number of anilines is 2. The first-order chi connectivity index (χ1) is 16.2. The molecule has 182 valence electrons. The number of benzene rings is 2. The third-order valence-corrected chi connectivity index (χ3v) is 7.54. The van der Waals surface area contributed by atoms with Crippen molar-refractivity contribution in [2.45, 2.75) is 45.8 Å². The summed E-state index contributed by atoms with van der Waals surface area (Å²) in [5.74, 6) is 0.128. The van der Waals surface area contributed by atoms with Crippen LogP contribution in [-0.4, -0.2) is 43.2 Å². The summed E-state index contributed by atoms with van der Waals surface area (Å²) in [5.41, 5.74) is 1.04. The highest BCUT2D eigenvalue weighted by molar-refractivity contribution is 9.10. The molecule has 2 aliphatic heterocycles. The molecule has 7 nitrogen and oxygen atoms in total. The summed E-state index contributed by atoms with van der Waals surface area (Å²) in [6.07, 6.45) is 3.35. The lowest BCUT2D eigenvalue weighted by Crippen LogP contribution is -3.13. The molecule has 1 fully saturated rings. The molecule has 1 saturated heterocycles. The largest absolute Gasteiger partial charge is 0.359 e. The van der Waals surface area contributed by atoms with E-state index in [9.17, 15) is 14.7 Å². The van der Waals surface area contributed by atoms with Crippen molar-refractivity contribution in [3.8, 4) is 0 Å². The maximum absolute atomic E-state index is 13.6. The zero-order chi connectivity index (χ0) is 24.5. The smallest absolute Gasteiger partial charge is 0.329 e. The summed E-state index contributed by atoms with van der Waals surface area (Å²) >= 11 is 3.44.